The Labute approximate surface area is 214 Å². The Balaban J connectivity index is 1.54. The molecule has 4 nitrogen and oxygen atoms in total. The largest absolute Gasteiger partial charge is 0.457 e. The number of unbranched alkanes of at least 4 members (excludes halogenated alkanes) is 8. The van der Waals surface area contributed by atoms with E-state index < -0.39 is 0 Å². The van der Waals surface area contributed by atoms with Gasteiger partial charge in [0.05, 0.1) is 20.6 Å². The van der Waals surface area contributed by atoms with Gasteiger partial charge in [-0.1, -0.05) is 94.3 Å². The van der Waals surface area contributed by atoms with Crippen LogP contribution in [0.1, 0.15) is 88.7 Å². The highest BCUT2D eigenvalue weighted by molar-refractivity contribution is 5.69. The van der Waals surface area contributed by atoms with Crippen molar-refractivity contribution in [3.8, 4) is 5.75 Å². The van der Waals surface area contributed by atoms with E-state index in [2.05, 4.69) is 57.4 Å². The van der Waals surface area contributed by atoms with Crippen molar-refractivity contribution in [2.45, 2.75) is 90.5 Å². The molecule has 2 aromatic rings. The number of rotatable bonds is 19. The Morgan fingerprint density at radius 2 is 1.46 bits per heavy atom. The zero-order chi connectivity index (χ0) is 25.2. The highest BCUT2D eigenvalue weighted by atomic mass is 16.7. The van der Waals surface area contributed by atoms with E-state index in [9.17, 15) is 4.79 Å². The molecule has 2 aromatic carbocycles. The number of quaternary nitrogens is 1. The predicted molar refractivity (Wildman–Crippen MR) is 145 cm³/mol. The normalized spacial score (nSPS) is 11.4. The number of esters is 1. The second-order valence-corrected chi connectivity index (χ2v) is 10.4. The third-order valence-electron chi connectivity index (χ3n) is 6.51. The van der Waals surface area contributed by atoms with E-state index in [1.165, 1.54) is 62.5 Å². The summed E-state index contributed by atoms with van der Waals surface area (Å²) < 4.78 is 11.9. The van der Waals surface area contributed by atoms with E-state index in [0.717, 1.165) is 42.6 Å². The van der Waals surface area contributed by atoms with Gasteiger partial charge in [-0.3, -0.25) is 4.79 Å². The van der Waals surface area contributed by atoms with Crippen LogP contribution in [0.15, 0.2) is 54.6 Å². The lowest BCUT2D eigenvalue weighted by Crippen LogP contribution is -2.39. The number of ether oxygens (including phenoxy) is 2. The molecule has 0 aliphatic carbocycles. The van der Waals surface area contributed by atoms with Gasteiger partial charge in [0, 0.05) is 12.0 Å². The SMILES string of the molecule is CCCCCCCCCCc1cccc(OCOC(=O)CCCC[N+](C)(C)Cc2ccccc2)c1. The lowest BCUT2D eigenvalue weighted by Gasteiger charge is -2.30. The molecular weight excluding hydrogens is 434 g/mol. The summed E-state index contributed by atoms with van der Waals surface area (Å²) in [4.78, 5) is 12.1. The van der Waals surface area contributed by atoms with Crippen molar-refractivity contribution in [3.05, 3.63) is 65.7 Å². The Bertz CT molecular complexity index is 819. The maximum Gasteiger partial charge on any atom is 0.308 e. The third-order valence-corrected chi connectivity index (χ3v) is 6.51. The van der Waals surface area contributed by atoms with E-state index in [0.29, 0.717) is 6.42 Å². The molecule has 0 saturated heterocycles. The van der Waals surface area contributed by atoms with Crippen LogP contribution < -0.4 is 4.74 Å². The van der Waals surface area contributed by atoms with Crippen LogP contribution >= 0.6 is 0 Å². The predicted octanol–water partition coefficient (Wildman–Crippen LogP) is 7.70. The molecule has 2 rings (SSSR count). The van der Waals surface area contributed by atoms with Gasteiger partial charge in [0.15, 0.2) is 0 Å². The van der Waals surface area contributed by atoms with Crippen molar-refractivity contribution in [1.82, 2.24) is 0 Å². The second kappa shape index (κ2) is 17.2. The molecule has 0 bridgehead atoms. The van der Waals surface area contributed by atoms with E-state index in [4.69, 9.17) is 9.47 Å². The standard InChI is InChI=1S/C31H48NO3/c1-4-5-6-7-8-9-10-12-18-28-21-17-22-30(25-28)34-27-35-31(33)23-15-16-24-32(2,3)26-29-19-13-11-14-20-29/h11,13-14,17,19-22,25H,4-10,12,15-16,18,23-24,26-27H2,1-3H3/q+1. The molecule has 0 aliphatic rings. The summed E-state index contributed by atoms with van der Waals surface area (Å²) in [6, 6.07) is 18.7. The summed E-state index contributed by atoms with van der Waals surface area (Å²) >= 11 is 0. The molecule has 0 heterocycles. The van der Waals surface area contributed by atoms with Gasteiger partial charge in [-0.25, -0.2) is 0 Å². The average Bonchev–Trinajstić information content (AvgIpc) is 2.84. The molecular formula is C31H48NO3+. The van der Waals surface area contributed by atoms with Crippen LogP contribution in [0.3, 0.4) is 0 Å². The van der Waals surface area contributed by atoms with Crippen molar-refractivity contribution in [2.75, 3.05) is 27.4 Å². The summed E-state index contributed by atoms with van der Waals surface area (Å²) in [6.07, 6.45) is 14.0. The molecule has 0 spiro atoms. The van der Waals surface area contributed by atoms with E-state index in [-0.39, 0.29) is 12.8 Å². The number of benzene rings is 2. The fourth-order valence-electron chi connectivity index (χ4n) is 4.46. The number of hydrogen-bond donors (Lipinski definition) is 0. The minimum absolute atomic E-state index is 0.0182. The highest BCUT2D eigenvalue weighted by Crippen LogP contribution is 2.17. The maximum atomic E-state index is 12.1. The first-order chi connectivity index (χ1) is 17.0. The molecule has 0 unspecified atom stereocenters. The van der Waals surface area contributed by atoms with Gasteiger partial charge >= 0.3 is 5.97 Å². The Kier molecular flexibility index (Phi) is 14.2. The van der Waals surface area contributed by atoms with Crippen LogP contribution in [0.2, 0.25) is 0 Å². The number of aryl methyl sites for hydroxylation is 1. The Hall–Kier alpha value is -2.33. The summed E-state index contributed by atoms with van der Waals surface area (Å²) in [5, 5.41) is 0. The molecule has 35 heavy (non-hydrogen) atoms. The lowest BCUT2D eigenvalue weighted by molar-refractivity contribution is -0.903. The molecule has 0 radical (unpaired) electrons. The average molecular weight is 483 g/mol. The topological polar surface area (TPSA) is 35.5 Å². The molecule has 0 saturated carbocycles. The van der Waals surface area contributed by atoms with E-state index >= 15 is 0 Å². The summed E-state index contributed by atoms with van der Waals surface area (Å²) in [5.74, 6) is 0.586. The zero-order valence-corrected chi connectivity index (χ0v) is 22.5. The monoisotopic (exact) mass is 482 g/mol. The molecule has 0 amide bonds. The van der Waals surface area contributed by atoms with Crippen LogP contribution in [-0.4, -0.2) is 37.9 Å². The summed E-state index contributed by atoms with van der Waals surface area (Å²) in [7, 11) is 4.48. The number of nitrogens with zero attached hydrogens (tertiary/aromatic N) is 1. The van der Waals surface area contributed by atoms with E-state index in [1.54, 1.807) is 0 Å². The lowest BCUT2D eigenvalue weighted by atomic mass is 10.0. The van der Waals surface area contributed by atoms with Crippen LogP contribution in [-0.2, 0) is 22.5 Å². The smallest absolute Gasteiger partial charge is 0.308 e. The van der Waals surface area contributed by atoms with Gasteiger partial charge in [0.25, 0.3) is 0 Å². The third kappa shape index (κ3) is 14.0. The number of carbonyl (C=O) groups excluding carboxylic acids is 1. The van der Waals surface area contributed by atoms with Gasteiger partial charge in [0.1, 0.15) is 12.3 Å². The van der Waals surface area contributed by atoms with Crippen LogP contribution in [0, 0.1) is 0 Å². The first-order valence-corrected chi connectivity index (χ1v) is 13.7. The van der Waals surface area contributed by atoms with Gasteiger partial charge in [-0.2, -0.15) is 0 Å². The first kappa shape index (κ1) is 28.9. The van der Waals surface area contributed by atoms with Crippen LogP contribution in [0.4, 0.5) is 0 Å². The fraction of sp³-hybridized carbons (Fsp3) is 0.581. The van der Waals surface area contributed by atoms with Crippen molar-refractivity contribution < 1.29 is 18.8 Å². The fourth-order valence-corrected chi connectivity index (χ4v) is 4.46. The highest BCUT2D eigenvalue weighted by Gasteiger charge is 2.15. The Morgan fingerprint density at radius 1 is 0.771 bits per heavy atom. The van der Waals surface area contributed by atoms with Crippen molar-refractivity contribution in [2.24, 2.45) is 0 Å². The zero-order valence-electron chi connectivity index (χ0n) is 22.5. The summed E-state index contributed by atoms with van der Waals surface area (Å²) in [5.41, 5.74) is 2.63. The van der Waals surface area contributed by atoms with E-state index in [1.807, 2.05) is 18.2 Å². The minimum Gasteiger partial charge on any atom is -0.457 e. The number of carbonyl (C=O) groups is 1. The minimum atomic E-state index is -0.187. The van der Waals surface area contributed by atoms with Crippen LogP contribution in [0.5, 0.6) is 5.75 Å². The Morgan fingerprint density at radius 3 is 2.20 bits per heavy atom. The number of hydrogen-bond acceptors (Lipinski definition) is 3. The van der Waals surface area contributed by atoms with Gasteiger partial charge < -0.3 is 14.0 Å². The molecule has 0 aliphatic heterocycles. The van der Waals surface area contributed by atoms with Crippen LogP contribution in [0.25, 0.3) is 0 Å². The van der Waals surface area contributed by atoms with Gasteiger partial charge in [-0.05, 0) is 43.4 Å². The quantitative estimate of drug-likeness (QED) is 0.0891. The molecule has 0 fully saturated rings. The molecule has 4 heteroatoms. The molecule has 194 valence electrons. The molecule has 0 aromatic heterocycles. The van der Waals surface area contributed by atoms with Crippen molar-refractivity contribution in [3.63, 3.8) is 0 Å². The van der Waals surface area contributed by atoms with Gasteiger partial charge in [0.2, 0.25) is 6.79 Å². The maximum absolute atomic E-state index is 12.1. The van der Waals surface area contributed by atoms with Crippen molar-refractivity contribution in [1.29, 1.82) is 0 Å². The second-order valence-electron chi connectivity index (χ2n) is 10.4. The van der Waals surface area contributed by atoms with Crippen molar-refractivity contribution >= 4 is 5.97 Å². The molecule has 0 atom stereocenters. The van der Waals surface area contributed by atoms with Gasteiger partial charge in [-0.15, -0.1) is 0 Å². The summed E-state index contributed by atoms with van der Waals surface area (Å²) in [6.45, 7) is 4.27. The molecule has 0 N–H and O–H groups in total. The first-order valence-electron chi connectivity index (χ1n) is 13.7.